The van der Waals surface area contributed by atoms with Crippen LogP contribution in [0.15, 0.2) is 54.6 Å². The normalized spacial score (nSPS) is 23.7. The minimum absolute atomic E-state index is 0.0265. The van der Waals surface area contributed by atoms with Gasteiger partial charge in [-0.3, -0.25) is 0 Å². The van der Waals surface area contributed by atoms with Crippen molar-refractivity contribution >= 4 is 0 Å². The lowest BCUT2D eigenvalue weighted by atomic mass is 9.76. The summed E-state index contributed by atoms with van der Waals surface area (Å²) in [6.07, 6.45) is 0.792. The second kappa shape index (κ2) is 5.39. The van der Waals surface area contributed by atoms with Gasteiger partial charge in [0.15, 0.2) is 0 Å². The summed E-state index contributed by atoms with van der Waals surface area (Å²) in [6.45, 7) is 3.63. The van der Waals surface area contributed by atoms with E-state index in [9.17, 15) is 5.11 Å². The molecule has 1 fully saturated rings. The zero-order chi connectivity index (χ0) is 14.0. The van der Waals surface area contributed by atoms with Gasteiger partial charge in [0, 0.05) is 12.5 Å². The average Bonchev–Trinajstić information content (AvgIpc) is 2.88. The van der Waals surface area contributed by atoms with Crippen LogP contribution in [0.25, 0.3) is 0 Å². The predicted octanol–water partition coefficient (Wildman–Crippen LogP) is 2.85. The molecule has 0 spiro atoms. The zero-order valence-corrected chi connectivity index (χ0v) is 11.8. The molecule has 2 aromatic carbocycles. The van der Waals surface area contributed by atoms with Gasteiger partial charge in [-0.05, 0) is 31.0 Å². The summed E-state index contributed by atoms with van der Waals surface area (Å²) in [5, 5.41) is 14.4. The topological polar surface area (TPSA) is 32.3 Å². The number of aliphatic hydroxyl groups is 1. The predicted molar refractivity (Wildman–Crippen MR) is 81.9 cm³/mol. The van der Waals surface area contributed by atoms with Crippen LogP contribution in [0.3, 0.4) is 0 Å². The molecule has 1 heterocycles. The lowest BCUT2D eigenvalue weighted by molar-refractivity contribution is 0.0442. The Balaban J connectivity index is 2.08. The Labute approximate surface area is 120 Å². The highest BCUT2D eigenvalue weighted by Crippen LogP contribution is 2.38. The SMILES string of the molecule is Cc1cccc(C(c2ccccc2)C2(O)CCNC2)c1. The van der Waals surface area contributed by atoms with Gasteiger partial charge < -0.3 is 10.4 Å². The van der Waals surface area contributed by atoms with Crippen LogP contribution in [-0.2, 0) is 0 Å². The summed E-state index contributed by atoms with van der Waals surface area (Å²) in [5.41, 5.74) is 2.92. The van der Waals surface area contributed by atoms with E-state index in [0.29, 0.717) is 6.54 Å². The van der Waals surface area contributed by atoms with E-state index in [4.69, 9.17) is 0 Å². The third-order valence-corrected chi connectivity index (χ3v) is 4.21. The second-order valence-electron chi connectivity index (χ2n) is 5.79. The van der Waals surface area contributed by atoms with Crippen LogP contribution >= 0.6 is 0 Å². The van der Waals surface area contributed by atoms with Gasteiger partial charge in [0.05, 0.1) is 5.60 Å². The highest BCUT2D eigenvalue weighted by Gasteiger charge is 2.41. The van der Waals surface area contributed by atoms with Gasteiger partial charge in [0.1, 0.15) is 0 Å². The van der Waals surface area contributed by atoms with Gasteiger partial charge in [-0.25, -0.2) is 0 Å². The molecule has 2 aromatic rings. The molecule has 1 saturated heterocycles. The summed E-state index contributed by atoms with van der Waals surface area (Å²) in [6, 6.07) is 18.8. The third-order valence-electron chi connectivity index (χ3n) is 4.21. The zero-order valence-electron chi connectivity index (χ0n) is 11.8. The van der Waals surface area contributed by atoms with Crippen molar-refractivity contribution in [3.05, 3.63) is 71.3 Å². The number of β-amino-alcohol motifs (C(OH)–C–C–N with tert-alkyl or cyclic N) is 1. The number of nitrogens with one attached hydrogen (secondary N) is 1. The number of benzene rings is 2. The Bertz CT molecular complexity index is 573. The lowest BCUT2D eigenvalue weighted by Crippen LogP contribution is -2.39. The molecule has 2 N–H and O–H groups in total. The van der Waals surface area contributed by atoms with Crippen LogP contribution in [0.5, 0.6) is 0 Å². The molecule has 2 heteroatoms. The molecule has 0 amide bonds. The Morgan fingerprint density at radius 2 is 1.80 bits per heavy atom. The van der Waals surface area contributed by atoms with Gasteiger partial charge >= 0.3 is 0 Å². The second-order valence-corrected chi connectivity index (χ2v) is 5.79. The van der Waals surface area contributed by atoms with Crippen LogP contribution in [0.2, 0.25) is 0 Å². The highest BCUT2D eigenvalue weighted by atomic mass is 16.3. The van der Waals surface area contributed by atoms with Gasteiger partial charge in [-0.1, -0.05) is 60.2 Å². The first-order valence-corrected chi connectivity index (χ1v) is 7.24. The van der Waals surface area contributed by atoms with Crippen molar-refractivity contribution in [3.8, 4) is 0 Å². The molecule has 0 saturated carbocycles. The first-order chi connectivity index (χ1) is 9.69. The summed E-state index contributed by atoms with van der Waals surface area (Å²) in [5.74, 6) is 0.0265. The molecule has 1 aliphatic heterocycles. The van der Waals surface area contributed by atoms with E-state index in [1.807, 2.05) is 18.2 Å². The Morgan fingerprint density at radius 1 is 1.05 bits per heavy atom. The van der Waals surface area contributed by atoms with Crippen molar-refractivity contribution in [1.29, 1.82) is 0 Å². The van der Waals surface area contributed by atoms with E-state index in [1.54, 1.807) is 0 Å². The monoisotopic (exact) mass is 267 g/mol. The van der Waals surface area contributed by atoms with Crippen molar-refractivity contribution in [2.75, 3.05) is 13.1 Å². The smallest absolute Gasteiger partial charge is 0.0892 e. The van der Waals surface area contributed by atoms with Gasteiger partial charge in [-0.2, -0.15) is 0 Å². The first-order valence-electron chi connectivity index (χ1n) is 7.24. The first kappa shape index (κ1) is 13.3. The molecule has 2 unspecified atom stereocenters. The molecule has 2 nitrogen and oxygen atoms in total. The maximum atomic E-state index is 11.1. The largest absolute Gasteiger partial charge is 0.388 e. The maximum Gasteiger partial charge on any atom is 0.0892 e. The summed E-state index contributed by atoms with van der Waals surface area (Å²) < 4.78 is 0. The fraction of sp³-hybridized carbons (Fsp3) is 0.333. The van der Waals surface area contributed by atoms with E-state index in [1.165, 1.54) is 16.7 Å². The van der Waals surface area contributed by atoms with E-state index < -0.39 is 5.60 Å². The van der Waals surface area contributed by atoms with Crippen LogP contribution in [0.4, 0.5) is 0 Å². The van der Waals surface area contributed by atoms with Gasteiger partial charge in [0.2, 0.25) is 0 Å². The van der Waals surface area contributed by atoms with Crippen LogP contribution < -0.4 is 5.32 Å². The van der Waals surface area contributed by atoms with Crippen LogP contribution in [0.1, 0.15) is 29.0 Å². The summed E-state index contributed by atoms with van der Waals surface area (Å²) in [7, 11) is 0. The minimum Gasteiger partial charge on any atom is -0.388 e. The molecule has 0 aromatic heterocycles. The standard InChI is InChI=1S/C18H21NO/c1-14-6-5-9-16(12-14)17(15-7-3-2-4-8-15)18(20)10-11-19-13-18/h2-9,12,17,19-20H,10-11,13H2,1H3. The average molecular weight is 267 g/mol. The number of aryl methyl sites for hydroxylation is 1. The van der Waals surface area contributed by atoms with Gasteiger partial charge in [-0.15, -0.1) is 0 Å². The highest BCUT2D eigenvalue weighted by molar-refractivity contribution is 5.38. The maximum absolute atomic E-state index is 11.1. The molecular formula is C18H21NO. The quantitative estimate of drug-likeness (QED) is 0.896. The molecule has 0 radical (unpaired) electrons. The van der Waals surface area contributed by atoms with E-state index >= 15 is 0 Å². The molecule has 2 atom stereocenters. The summed E-state index contributed by atoms with van der Waals surface area (Å²) in [4.78, 5) is 0. The van der Waals surface area contributed by atoms with Crippen LogP contribution in [0, 0.1) is 6.92 Å². The van der Waals surface area contributed by atoms with Crippen molar-refractivity contribution in [2.45, 2.75) is 24.9 Å². The number of hydrogen-bond acceptors (Lipinski definition) is 2. The number of rotatable bonds is 3. The fourth-order valence-corrected chi connectivity index (χ4v) is 3.25. The molecule has 3 rings (SSSR count). The lowest BCUT2D eigenvalue weighted by Gasteiger charge is -2.33. The minimum atomic E-state index is -0.699. The van der Waals surface area contributed by atoms with Crippen molar-refractivity contribution in [1.82, 2.24) is 5.32 Å². The van der Waals surface area contributed by atoms with Crippen molar-refractivity contribution in [2.24, 2.45) is 0 Å². The van der Waals surface area contributed by atoms with E-state index in [0.717, 1.165) is 13.0 Å². The molecule has 0 bridgehead atoms. The summed E-state index contributed by atoms with van der Waals surface area (Å²) >= 11 is 0. The van der Waals surface area contributed by atoms with E-state index in [2.05, 4.69) is 48.6 Å². The Hall–Kier alpha value is -1.64. The molecular weight excluding hydrogens is 246 g/mol. The van der Waals surface area contributed by atoms with Crippen molar-refractivity contribution < 1.29 is 5.11 Å². The molecule has 1 aliphatic rings. The third kappa shape index (κ3) is 2.49. The van der Waals surface area contributed by atoms with Gasteiger partial charge in [0.25, 0.3) is 0 Å². The Morgan fingerprint density at radius 3 is 2.45 bits per heavy atom. The molecule has 20 heavy (non-hydrogen) atoms. The molecule has 104 valence electrons. The van der Waals surface area contributed by atoms with E-state index in [-0.39, 0.29) is 5.92 Å². The number of hydrogen-bond donors (Lipinski definition) is 2. The van der Waals surface area contributed by atoms with Crippen molar-refractivity contribution in [3.63, 3.8) is 0 Å². The van der Waals surface area contributed by atoms with Crippen LogP contribution in [-0.4, -0.2) is 23.8 Å². The fourth-order valence-electron chi connectivity index (χ4n) is 3.25. The Kier molecular flexibility index (Phi) is 3.60. The molecule has 0 aliphatic carbocycles.